The lowest BCUT2D eigenvalue weighted by molar-refractivity contribution is 0.635. The van der Waals surface area contributed by atoms with Crippen LogP contribution in [0, 0.1) is 0 Å². The van der Waals surface area contributed by atoms with Crippen molar-refractivity contribution in [3.8, 4) is 0 Å². The third kappa shape index (κ3) is 2.58. The lowest BCUT2D eigenvalue weighted by atomic mass is 10.1. The van der Waals surface area contributed by atoms with Crippen LogP contribution < -0.4 is 11.1 Å². The number of nitrogens with two attached hydrogens (primary N) is 1. The van der Waals surface area contributed by atoms with E-state index in [0.29, 0.717) is 9.77 Å². The molecule has 1 atom stereocenters. The Kier molecular flexibility index (Phi) is 3.55. The number of rotatable bonds is 3. The number of anilines is 2. The summed E-state index contributed by atoms with van der Waals surface area (Å²) in [6, 6.07) is 5.61. The Bertz CT molecular complexity index is 355. The zero-order valence-electron chi connectivity index (χ0n) is 9.42. The van der Waals surface area contributed by atoms with Crippen LogP contribution in [0.25, 0.3) is 0 Å². The normalized spacial score (nSPS) is 24.6. The first kappa shape index (κ1) is 11.9. The number of thioether (sulfide) groups is 1. The molecule has 1 saturated heterocycles. The minimum absolute atomic E-state index is 0.325. The number of nitrogen functional groups attached to an aromatic ring is 1. The van der Waals surface area contributed by atoms with E-state index in [4.69, 9.17) is 17.3 Å². The maximum atomic E-state index is 6.11. The Morgan fingerprint density at radius 3 is 3.00 bits per heavy atom. The van der Waals surface area contributed by atoms with Gasteiger partial charge in [0.05, 0.1) is 16.4 Å². The number of halogens is 1. The average molecular weight is 257 g/mol. The van der Waals surface area contributed by atoms with E-state index < -0.39 is 0 Å². The van der Waals surface area contributed by atoms with Gasteiger partial charge in [0.2, 0.25) is 0 Å². The standard InChI is InChI=1S/C12H17ClN2S/c1-12(6-3-7-16-12)8-15-11-9(13)4-2-5-10(11)14/h2,4-5,15H,3,6-8,14H2,1H3. The summed E-state index contributed by atoms with van der Waals surface area (Å²) >= 11 is 8.14. The molecule has 1 aliphatic heterocycles. The summed E-state index contributed by atoms with van der Waals surface area (Å²) in [4.78, 5) is 0. The average Bonchev–Trinajstić information content (AvgIpc) is 2.65. The van der Waals surface area contributed by atoms with Crippen LogP contribution in [-0.4, -0.2) is 17.0 Å². The minimum Gasteiger partial charge on any atom is -0.397 e. The van der Waals surface area contributed by atoms with E-state index in [9.17, 15) is 0 Å². The molecule has 2 nitrogen and oxygen atoms in total. The summed E-state index contributed by atoms with van der Waals surface area (Å²) in [6.45, 7) is 3.22. The first-order chi connectivity index (χ1) is 7.61. The summed E-state index contributed by atoms with van der Waals surface area (Å²) in [7, 11) is 0. The lowest BCUT2D eigenvalue weighted by Gasteiger charge is -2.24. The monoisotopic (exact) mass is 256 g/mol. The fourth-order valence-corrected chi connectivity index (χ4v) is 3.47. The van der Waals surface area contributed by atoms with E-state index in [2.05, 4.69) is 12.2 Å². The highest BCUT2D eigenvalue weighted by atomic mass is 35.5. The molecular formula is C12H17ClN2S. The number of hydrogen-bond acceptors (Lipinski definition) is 3. The van der Waals surface area contributed by atoms with Crippen molar-refractivity contribution in [2.75, 3.05) is 23.3 Å². The minimum atomic E-state index is 0.325. The second kappa shape index (κ2) is 4.76. The molecule has 0 aromatic heterocycles. The Morgan fingerprint density at radius 1 is 1.56 bits per heavy atom. The van der Waals surface area contributed by atoms with Gasteiger partial charge in [0, 0.05) is 11.3 Å². The summed E-state index contributed by atoms with van der Waals surface area (Å²) in [5.74, 6) is 1.26. The van der Waals surface area contributed by atoms with Gasteiger partial charge < -0.3 is 11.1 Å². The molecule has 0 spiro atoms. The summed E-state index contributed by atoms with van der Waals surface area (Å²) in [6.07, 6.45) is 2.57. The van der Waals surface area contributed by atoms with Crippen LogP contribution in [0.15, 0.2) is 18.2 Å². The molecule has 16 heavy (non-hydrogen) atoms. The van der Waals surface area contributed by atoms with E-state index >= 15 is 0 Å². The third-order valence-electron chi connectivity index (χ3n) is 2.99. The van der Waals surface area contributed by atoms with Crippen molar-refractivity contribution in [1.29, 1.82) is 0 Å². The van der Waals surface area contributed by atoms with Crippen LogP contribution in [0.4, 0.5) is 11.4 Å². The third-order valence-corrected chi connectivity index (χ3v) is 4.84. The van der Waals surface area contributed by atoms with E-state index in [1.807, 2.05) is 30.0 Å². The number of nitrogens with one attached hydrogen (secondary N) is 1. The molecule has 2 rings (SSSR count). The molecule has 0 bridgehead atoms. The van der Waals surface area contributed by atoms with Crippen LogP contribution in [0.5, 0.6) is 0 Å². The van der Waals surface area contributed by atoms with Crippen LogP contribution in [0.3, 0.4) is 0 Å². The van der Waals surface area contributed by atoms with Gasteiger partial charge in [0.15, 0.2) is 0 Å². The highest BCUT2D eigenvalue weighted by Crippen LogP contribution is 2.38. The maximum absolute atomic E-state index is 6.11. The summed E-state index contributed by atoms with van der Waals surface area (Å²) < 4.78 is 0.325. The lowest BCUT2D eigenvalue weighted by Crippen LogP contribution is -2.27. The van der Waals surface area contributed by atoms with Gasteiger partial charge >= 0.3 is 0 Å². The Labute approximate surface area is 106 Å². The van der Waals surface area contributed by atoms with Crippen molar-refractivity contribution < 1.29 is 0 Å². The van der Waals surface area contributed by atoms with Gasteiger partial charge in [-0.15, -0.1) is 0 Å². The molecule has 88 valence electrons. The van der Waals surface area contributed by atoms with E-state index in [1.54, 1.807) is 0 Å². The van der Waals surface area contributed by atoms with Crippen molar-refractivity contribution in [3.63, 3.8) is 0 Å². The molecular weight excluding hydrogens is 240 g/mol. The molecule has 0 amide bonds. The Balaban J connectivity index is 2.04. The maximum Gasteiger partial charge on any atom is 0.0763 e. The smallest absolute Gasteiger partial charge is 0.0763 e. The zero-order valence-corrected chi connectivity index (χ0v) is 11.0. The topological polar surface area (TPSA) is 38.0 Å². The Morgan fingerprint density at radius 2 is 2.38 bits per heavy atom. The fourth-order valence-electron chi connectivity index (χ4n) is 1.98. The molecule has 3 N–H and O–H groups in total. The van der Waals surface area contributed by atoms with Crippen LogP contribution in [0.1, 0.15) is 19.8 Å². The molecule has 1 aromatic rings. The van der Waals surface area contributed by atoms with Gasteiger partial charge in [-0.3, -0.25) is 0 Å². The van der Waals surface area contributed by atoms with Gasteiger partial charge in [0.25, 0.3) is 0 Å². The number of benzene rings is 1. The largest absolute Gasteiger partial charge is 0.397 e. The Hall–Kier alpha value is -0.540. The SMILES string of the molecule is CC1(CNc2c(N)cccc2Cl)CCCS1. The van der Waals surface area contributed by atoms with Crippen LogP contribution >= 0.6 is 23.4 Å². The van der Waals surface area contributed by atoms with Gasteiger partial charge in [-0.1, -0.05) is 17.7 Å². The first-order valence-corrected chi connectivity index (χ1v) is 6.89. The molecule has 0 radical (unpaired) electrons. The van der Waals surface area contributed by atoms with Gasteiger partial charge in [-0.05, 0) is 37.7 Å². The van der Waals surface area contributed by atoms with Crippen LogP contribution in [-0.2, 0) is 0 Å². The molecule has 1 unspecified atom stereocenters. The molecule has 1 fully saturated rings. The predicted octanol–water partition coefficient (Wildman–Crippen LogP) is 3.62. The first-order valence-electron chi connectivity index (χ1n) is 5.53. The summed E-state index contributed by atoms with van der Waals surface area (Å²) in [5.41, 5.74) is 7.49. The van der Waals surface area contributed by atoms with Gasteiger partial charge in [-0.2, -0.15) is 11.8 Å². The highest BCUT2D eigenvalue weighted by molar-refractivity contribution is 8.00. The van der Waals surface area contributed by atoms with Crippen molar-refractivity contribution in [1.82, 2.24) is 0 Å². The van der Waals surface area contributed by atoms with Crippen molar-refractivity contribution in [3.05, 3.63) is 23.2 Å². The second-order valence-corrected chi connectivity index (χ2v) is 6.55. The van der Waals surface area contributed by atoms with E-state index in [0.717, 1.165) is 17.9 Å². The molecule has 0 saturated carbocycles. The van der Waals surface area contributed by atoms with Crippen molar-refractivity contribution in [2.45, 2.75) is 24.5 Å². The molecule has 1 aliphatic rings. The molecule has 4 heteroatoms. The zero-order chi connectivity index (χ0) is 11.6. The summed E-state index contributed by atoms with van der Waals surface area (Å²) in [5, 5.41) is 4.09. The molecule has 1 aromatic carbocycles. The fraction of sp³-hybridized carbons (Fsp3) is 0.500. The molecule has 1 heterocycles. The number of para-hydroxylation sites is 1. The highest BCUT2D eigenvalue weighted by Gasteiger charge is 2.29. The van der Waals surface area contributed by atoms with Gasteiger partial charge in [0.1, 0.15) is 0 Å². The second-order valence-electron chi connectivity index (χ2n) is 4.46. The van der Waals surface area contributed by atoms with Crippen molar-refractivity contribution in [2.24, 2.45) is 0 Å². The van der Waals surface area contributed by atoms with Crippen molar-refractivity contribution >= 4 is 34.7 Å². The van der Waals surface area contributed by atoms with Crippen LogP contribution in [0.2, 0.25) is 5.02 Å². The molecule has 0 aliphatic carbocycles. The van der Waals surface area contributed by atoms with E-state index in [-0.39, 0.29) is 0 Å². The predicted molar refractivity (Wildman–Crippen MR) is 74.5 cm³/mol. The van der Waals surface area contributed by atoms with Gasteiger partial charge in [-0.25, -0.2) is 0 Å². The number of hydrogen-bond donors (Lipinski definition) is 2. The quantitative estimate of drug-likeness (QED) is 0.812. The van der Waals surface area contributed by atoms with E-state index in [1.165, 1.54) is 18.6 Å².